The van der Waals surface area contributed by atoms with Gasteiger partial charge in [-0.05, 0) is 29.8 Å². The summed E-state index contributed by atoms with van der Waals surface area (Å²) in [7, 11) is -0.991. The molecule has 1 amide bonds. The Morgan fingerprint density at radius 3 is 2.30 bits per heavy atom. The van der Waals surface area contributed by atoms with Crippen molar-refractivity contribution in [2.45, 2.75) is 18.9 Å². The van der Waals surface area contributed by atoms with Gasteiger partial charge in [0, 0.05) is 27.2 Å². The van der Waals surface area contributed by atoms with Crippen molar-refractivity contribution in [1.82, 2.24) is 24.2 Å². The largest absolute Gasteiger partial charge is 0.342 e. The molecule has 0 radical (unpaired) electrons. The van der Waals surface area contributed by atoms with E-state index in [2.05, 4.69) is 26.2 Å². The van der Waals surface area contributed by atoms with E-state index in [0.29, 0.717) is 13.1 Å². The molecule has 0 saturated heterocycles. The van der Waals surface area contributed by atoms with E-state index in [0.717, 1.165) is 8.99 Å². The Balaban J connectivity index is 2.97. The van der Waals surface area contributed by atoms with E-state index in [9.17, 15) is 13.2 Å². The van der Waals surface area contributed by atoms with E-state index in [1.807, 2.05) is 13.8 Å². The minimum atomic E-state index is -3.83. The van der Waals surface area contributed by atoms with Gasteiger partial charge < -0.3 is 4.90 Å². The number of aromatic nitrogens is 3. The Morgan fingerprint density at radius 2 is 1.90 bits per heavy atom. The number of halogens is 1. The molecular weight excluding hydrogens is 350 g/mol. The molecule has 0 aliphatic heterocycles. The fourth-order valence-electron chi connectivity index (χ4n) is 1.70. The Kier molecular flexibility index (Phi) is 5.66. The molecule has 0 aromatic carbocycles. The molecule has 0 bridgehead atoms. The number of hydrogen-bond donors (Lipinski definition) is 0. The maximum Gasteiger partial charge on any atom is 0.263 e. The van der Waals surface area contributed by atoms with Gasteiger partial charge in [-0.1, -0.05) is 5.21 Å². The van der Waals surface area contributed by atoms with E-state index in [1.54, 1.807) is 4.90 Å². The van der Waals surface area contributed by atoms with Crippen LogP contribution < -0.4 is 0 Å². The molecule has 1 rings (SSSR count). The first-order valence-electron chi connectivity index (χ1n) is 6.04. The molecule has 8 nitrogen and oxygen atoms in total. The quantitative estimate of drug-likeness (QED) is 0.709. The van der Waals surface area contributed by atoms with Crippen LogP contribution >= 0.6 is 15.9 Å². The Hall–Kier alpha value is -1.00. The molecule has 114 valence electrons. The van der Waals surface area contributed by atoms with Crippen molar-refractivity contribution in [1.29, 1.82) is 0 Å². The van der Waals surface area contributed by atoms with Crippen LogP contribution in [0.1, 0.15) is 13.8 Å². The van der Waals surface area contributed by atoms with Crippen LogP contribution in [-0.2, 0) is 21.9 Å². The van der Waals surface area contributed by atoms with E-state index in [1.165, 1.54) is 14.1 Å². The number of rotatable bonds is 6. The average Bonchev–Trinajstić information content (AvgIpc) is 2.70. The normalized spacial score (nSPS) is 11.9. The zero-order valence-corrected chi connectivity index (χ0v) is 14.3. The summed E-state index contributed by atoms with van der Waals surface area (Å²) in [6, 6.07) is 0. The zero-order chi connectivity index (χ0) is 15.5. The fourth-order valence-corrected chi connectivity index (χ4v) is 3.84. The third-order valence-electron chi connectivity index (χ3n) is 2.87. The lowest BCUT2D eigenvalue weighted by Crippen LogP contribution is -2.41. The smallest absolute Gasteiger partial charge is 0.263 e. The molecule has 0 N–H and O–H groups in total. The van der Waals surface area contributed by atoms with Gasteiger partial charge in [-0.25, -0.2) is 13.1 Å². The molecule has 20 heavy (non-hydrogen) atoms. The van der Waals surface area contributed by atoms with E-state index >= 15 is 0 Å². The highest BCUT2D eigenvalue weighted by Crippen LogP contribution is 2.21. The van der Waals surface area contributed by atoms with Crippen LogP contribution in [0.3, 0.4) is 0 Å². The number of hydrogen-bond acceptors (Lipinski definition) is 5. The third kappa shape index (κ3) is 3.36. The van der Waals surface area contributed by atoms with Crippen LogP contribution in [0.2, 0.25) is 0 Å². The molecule has 0 saturated carbocycles. The maximum absolute atomic E-state index is 12.4. The summed E-state index contributed by atoms with van der Waals surface area (Å²) >= 11 is 3.05. The first-order chi connectivity index (χ1) is 9.25. The highest BCUT2D eigenvalue weighted by Gasteiger charge is 2.30. The number of carbonyl (C=O) groups is 1. The molecule has 0 aliphatic rings. The second kappa shape index (κ2) is 6.64. The summed E-state index contributed by atoms with van der Waals surface area (Å²) in [5.74, 6) is -0.243. The van der Waals surface area contributed by atoms with Crippen molar-refractivity contribution in [3.05, 3.63) is 4.60 Å². The highest BCUT2D eigenvalue weighted by atomic mass is 79.9. The predicted octanol–water partition coefficient (Wildman–Crippen LogP) is 0.0665. The molecule has 0 fully saturated rings. The van der Waals surface area contributed by atoms with Gasteiger partial charge in [0.15, 0.2) is 4.60 Å². The minimum Gasteiger partial charge on any atom is -0.342 e. The Labute approximate surface area is 126 Å². The minimum absolute atomic E-state index is 0.0765. The van der Waals surface area contributed by atoms with Gasteiger partial charge in [0.05, 0.1) is 6.54 Å². The van der Waals surface area contributed by atoms with Crippen LogP contribution in [-0.4, -0.2) is 65.2 Å². The molecule has 0 spiro atoms. The first-order valence-corrected chi connectivity index (χ1v) is 8.28. The van der Waals surface area contributed by atoms with E-state index in [4.69, 9.17) is 0 Å². The molecule has 1 aromatic heterocycles. The van der Waals surface area contributed by atoms with Crippen LogP contribution in [0.15, 0.2) is 9.63 Å². The average molecular weight is 368 g/mol. The summed E-state index contributed by atoms with van der Waals surface area (Å²) < 4.78 is 27.1. The topological polar surface area (TPSA) is 88.4 Å². The van der Waals surface area contributed by atoms with Crippen molar-refractivity contribution >= 4 is 31.9 Å². The number of sulfonamides is 1. The second-order valence-electron chi connectivity index (χ2n) is 4.14. The van der Waals surface area contributed by atoms with Crippen LogP contribution in [0.5, 0.6) is 0 Å². The summed E-state index contributed by atoms with van der Waals surface area (Å²) in [6.07, 6.45) is 0. The maximum atomic E-state index is 12.4. The van der Waals surface area contributed by atoms with Gasteiger partial charge in [0.25, 0.3) is 10.0 Å². The van der Waals surface area contributed by atoms with Gasteiger partial charge in [-0.15, -0.1) is 5.10 Å². The summed E-state index contributed by atoms with van der Waals surface area (Å²) in [5.41, 5.74) is 0. The van der Waals surface area contributed by atoms with Gasteiger partial charge in [0.1, 0.15) is 0 Å². The van der Waals surface area contributed by atoms with Crippen LogP contribution in [0.4, 0.5) is 0 Å². The lowest BCUT2D eigenvalue weighted by Gasteiger charge is -2.22. The monoisotopic (exact) mass is 367 g/mol. The fraction of sp³-hybridized carbons (Fsp3) is 0.700. The molecule has 0 atom stereocenters. The SMILES string of the molecule is CCN(CC)C(=O)CN(C)S(=O)(=O)c1c(Br)nnn1C. The van der Waals surface area contributed by atoms with E-state index in [-0.39, 0.29) is 22.1 Å². The summed E-state index contributed by atoms with van der Waals surface area (Å²) in [4.78, 5) is 13.5. The van der Waals surface area contributed by atoms with E-state index < -0.39 is 10.0 Å². The van der Waals surface area contributed by atoms with Crippen molar-refractivity contribution in [2.75, 3.05) is 26.7 Å². The van der Waals surface area contributed by atoms with Crippen molar-refractivity contribution < 1.29 is 13.2 Å². The van der Waals surface area contributed by atoms with Gasteiger partial charge in [-0.3, -0.25) is 4.79 Å². The highest BCUT2D eigenvalue weighted by molar-refractivity contribution is 9.10. The lowest BCUT2D eigenvalue weighted by atomic mass is 10.4. The molecule has 1 heterocycles. The van der Waals surface area contributed by atoms with Crippen LogP contribution in [0, 0.1) is 0 Å². The Bertz CT molecular complexity index is 562. The molecule has 0 aliphatic carbocycles. The standard InChI is InChI=1S/C10H18BrN5O3S/c1-5-16(6-2)8(17)7-14(3)20(18,19)10-9(11)12-13-15(10)4/h5-7H2,1-4H3. The lowest BCUT2D eigenvalue weighted by molar-refractivity contribution is -0.130. The number of nitrogens with zero attached hydrogens (tertiary/aromatic N) is 5. The summed E-state index contributed by atoms with van der Waals surface area (Å²) in [6.45, 7) is 4.55. The number of aryl methyl sites for hydroxylation is 1. The molecule has 0 unspecified atom stereocenters. The van der Waals surface area contributed by atoms with Gasteiger partial charge >= 0.3 is 0 Å². The van der Waals surface area contributed by atoms with Gasteiger partial charge in [0.2, 0.25) is 10.9 Å². The Morgan fingerprint density at radius 1 is 1.35 bits per heavy atom. The van der Waals surface area contributed by atoms with Crippen molar-refractivity contribution in [3.8, 4) is 0 Å². The molecular formula is C10H18BrN5O3S. The predicted molar refractivity (Wildman–Crippen MR) is 76.4 cm³/mol. The van der Waals surface area contributed by atoms with Crippen molar-refractivity contribution in [3.63, 3.8) is 0 Å². The summed E-state index contributed by atoms with van der Waals surface area (Å²) in [5, 5.41) is 7.19. The zero-order valence-electron chi connectivity index (χ0n) is 11.9. The van der Waals surface area contributed by atoms with Gasteiger partial charge in [-0.2, -0.15) is 4.31 Å². The molecule has 1 aromatic rings. The first kappa shape index (κ1) is 17.1. The number of likely N-dealkylation sites (N-methyl/N-ethyl adjacent to an activating group) is 2. The molecule has 10 heteroatoms. The number of amides is 1. The third-order valence-corrected chi connectivity index (χ3v) is 5.56. The number of carbonyl (C=O) groups excluding carboxylic acids is 1. The van der Waals surface area contributed by atoms with Crippen LogP contribution in [0.25, 0.3) is 0 Å². The second-order valence-corrected chi connectivity index (χ2v) is 6.85. The van der Waals surface area contributed by atoms with Crippen molar-refractivity contribution in [2.24, 2.45) is 7.05 Å².